The van der Waals surface area contributed by atoms with Gasteiger partial charge >= 0.3 is 0 Å². The molecule has 4 N–H and O–H groups in total. The van der Waals surface area contributed by atoms with Gasteiger partial charge in [-0.05, 0) is 41.8 Å². The van der Waals surface area contributed by atoms with Gasteiger partial charge in [0, 0.05) is 25.1 Å². The van der Waals surface area contributed by atoms with Gasteiger partial charge in [-0.2, -0.15) is 0 Å². The van der Waals surface area contributed by atoms with E-state index in [0.717, 1.165) is 23.8 Å². The van der Waals surface area contributed by atoms with Crippen LogP contribution in [0.15, 0.2) is 36.7 Å². The van der Waals surface area contributed by atoms with E-state index in [4.69, 9.17) is 5.73 Å². The Balaban J connectivity index is 1.57. The Bertz CT molecular complexity index is 844. The molecule has 2 atom stereocenters. The number of anilines is 1. The standard InChI is InChI=1S/C18H18F2N4O2/c19-12-1-2-14(20)11(5-12)6-13(21)8-17(25)23-15-7-10-3-4-22-9-16(10)24-18(15)26/h1-5,9,13,15H,6-8,21H2,(H,23,25)(H,24,26)/t13-,15?/m1/s1. The molecule has 0 fully saturated rings. The number of nitrogens with one attached hydrogen (secondary N) is 2. The van der Waals surface area contributed by atoms with Crippen LogP contribution in [0.1, 0.15) is 17.5 Å². The Morgan fingerprint density at radius 2 is 2.19 bits per heavy atom. The zero-order chi connectivity index (χ0) is 18.7. The molecule has 2 aromatic rings. The summed E-state index contributed by atoms with van der Waals surface area (Å²) in [4.78, 5) is 28.2. The van der Waals surface area contributed by atoms with Crippen molar-refractivity contribution in [2.24, 2.45) is 5.73 Å². The number of benzene rings is 1. The van der Waals surface area contributed by atoms with Gasteiger partial charge in [-0.3, -0.25) is 14.6 Å². The Morgan fingerprint density at radius 1 is 1.38 bits per heavy atom. The van der Waals surface area contributed by atoms with Crippen molar-refractivity contribution < 1.29 is 18.4 Å². The molecule has 1 aliphatic rings. The van der Waals surface area contributed by atoms with Crippen molar-refractivity contribution in [3.63, 3.8) is 0 Å². The molecule has 1 aromatic carbocycles. The van der Waals surface area contributed by atoms with Crippen molar-refractivity contribution >= 4 is 17.5 Å². The molecular formula is C18H18F2N4O2. The Labute approximate surface area is 148 Å². The van der Waals surface area contributed by atoms with E-state index in [1.807, 2.05) is 0 Å². The molecule has 3 rings (SSSR count). The molecule has 1 unspecified atom stereocenters. The molecule has 136 valence electrons. The molecule has 6 nitrogen and oxygen atoms in total. The van der Waals surface area contributed by atoms with E-state index in [-0.39, 0.29) is 24.3 Å². The number of nitrogens with zero attached hydrogens (tertiary/aromatic N) is 1. The third-order valence-corrected chi connectivity index (χ3v) is 4.18. The van der Waals surface area contributed by atoms with Crippen molar-refractivity contribution in [1.82, 2.24) is 10.3 Å². The summed E-state index contributed by atoms with van der Waals surface area (Å²) in [6, 6.07) is 3.46. The second kappa shape index (κ2) is 7.57. The summed E-state index contributed by atoms with van der Waals surface area (Å²) in [7, 11) is 0. The van der Waals surface area contributed by atoms with E-state index in [0.29, 0.717) is 12.1 Å². The van der Waals surface area contributed by atoms with Crippen LogP contribution in [0.4, 0.5) is 14.5 Å². The van der Waals surface area contributed by atoms with E-state index in [2.05, 4.69) is 15.6 Å². The summed E-state index contributed by atoms with van der Waals surface area (Å²) in [6.45, 7) is 0. The molecule has 0 radical (unpaired) electrons. The maximum Gasteiger partial charge on any atom is 0.247 e. The summed E-state index contributed by atoms with van der Waals surface area (Å²) in [5.74, 6) is -1.89. The minimum Gasteiger partial charge on any atom is -0.344 e. The highest BCUT2D eigenvalue weighted by Gasteiger charge is 2.28. The van der Waals surface area contributed by atoms with E-state index < -0.39 is 29.6 Å². The first-order valence-electron chi connectivity index (χ1n) is 8.15. The lowest BCUT2D eigenvalue weighted by molar-refractivity contribution is -0.126. The zero-order valence-electron chi connectivity index (χ0n) is 13.8. The molecular weight excluding hydrogens is 342 g/mol. The number of fused-ring (bicyclic) bond motifs is 1. The number of amides is 2. The fourth-order valence-electron chi connectivity index (χ4n) is 2.91. The highest BCUT2D eigenvalue weighted by atomic mass is 19.1. The van der Waals surface area contributed by atoms with Crippen LogP contribution < -0.4 is 16.4 Å². The molecule has 0 spiro atoms. The number of halogens is 2. The van der Waals surface area contributed by atoms with Crippen molar-refractivity contribution in [3.8, 4) is 0 Å². The maximum atomic E-state index is 13.7. The number of hydrogen-bond donors (Lipinski definition) is 3. The molecule has 0 aliphatic carbocycles. The number of nitrogens with two attached hydrogens (primary N) is 1. The van der Waals surface area contributed by atoms with Crippen molar-refractivity contribution in [2.75, 3.05) is 5.32 Å². The van der Waals surface area contributed by atoms with Gasteiger partial charge in [0.1, 0.15) is 17.7 Å². The monoisotopic (exact) mass is 360 g/mol. The van der Waals surface area contributed by atoms with Gasteiger partial charge in [0.15, 0.2) is 0 Å². The smallest absolute Gasteiger partial charge is 0.247 e. The molecule has 2 amide bonds. The van der Waals surface area contributed by atoms with Gasteiger partial charge in [0.05, 0.1) is 11.9 Å². The summed E-state index contributed by atoms with van der Waals surface area (Å²) in [5, 5.41) is 5.32. The van der Waals surface area contributed by atoms with Crippen molar-refractivity contribution in [2.45, 2.75) is 31.3 Å². The predicted molar refractivity (Wildman–Crippen MR) is 91.2 cm³/mol. The number of hydrogen-bond acceptors (Lipinski definition) is 4. The summed E-state index contributed by atoms with van der Waals surface area (Å²) in [5.41, 5.74) is 7.49. The molecule has 0 bridgehead atoms. The second-order valence-corrected chi connectivity index (χ2v) is 6.25. The lowest BCUT2D eigenvalue weighted by Crippen LogP contribution is -2.48. The third-order valence-electron chi connectivity index (χ3n) is 4.18. The number of pyridine rings is 1. The lowest BCUT2D eigenvalue weighted by atomic mass is 9.99. The Kier molecular flexibility index (Phi) is 5.22. The van der Waals surface area contributed by atoms with E-state index >= 15 is 0 Å². The Hall–Kier alpha value is -2.87. The first kappa shape index (κ1) is 17.9. The van der Waals surface area contributed by atoms with Crippen LogP contribution in [-0.2, 0) is 22.4 Å². The molecule has 1 aliphatic heterocycles. The first-order valence-corrected chi connectivity index (χ1v) is 8.15. The quantitative estimate of drug-likeness (QED) is 0.749. The molecule has 0 saturated carbocycles. The fraction of sp³-hybridized carbons (Fsp3) is 0.278. The summed E-state index contributed by atoms with van der Waals surface area (Å²) in [6.07, 6.45) is 3.42. The van der Waals surface area contributed by atoms with Gasteiger partial charge in [-0.25, -0.2) is 8.78 Å². The van der Waals surface area contributed by atoms with Crippen LogP contribution in [-0.4, -0.2) is 28.9 Å². The minimum absolute atomic E-state index is 0.0162. The molecule has 1 aromatic heterocycles. The van der Waals surface area contributed by atoms with Crippen molar-refractivity contribution in [1.29, 1.82) is 0 Å². The highest BCUT2D eigenvalue weighted by Crippen LogP contribution is 2.21. The minimum atomic E-state index is -0.712. The number of carbonyl (C=O) groups is 2. The van der Waals surface area contributed by atoms with E-state index in [1.165, 1.54) is 0 Å². The number of carbonyl (C=O) groups excluding carboxylic acids is 2. The summed E-state index contributed by atoms with van der Waals surface area (Å²) < 4.78 is 26.8. The van der Waals surface area contributed by atoms with Crippen LogP contribution in [0.3, 0.4) is 0 Å². The lowest BCUT2D eigenvalue weighted by Gasteiger charge is -2.25. The van der Waals surface area contributed by atoms with Gasteiger partial charge < -0.3 is 16.4 Å². The SMILES string of the molecule is N[C@@H](CC(=O)NC1Cc2ccncc2NC1=O)Cc1cc(F)ccc1F. The average Bonchev–Trinajstić information content (AvgIpc) is 2.58. The van der Waals surface area contributed by atoms with Gasteiger partial charge in [0.25, 0.3) is 0 Å². The van der Waals surface area contributed by atoms with Crippen LogP contribution in [0.5, 0.6) is 0 Å². The van der Waals surface area contributed by atoms with Gasteiger partial charge in [-0.15, -0.1) is 0 Å². The van der Waals surface area contributed by atoms with Crippen LogP contribution >= 0.6 is 0 Å². The summed E-state index contributed by atoms with van der Waals surface area (Å²) >= 11 is 0. The zero-order valence-corrected chi connectivity index (χ0v) is 13.8. The third kappa shape index (κ3) is 4.20. The molecule has 2 heterocycles. The van der Waals surface area contributed by atoms with Crippen LogP contribution in [0, 0.1) is 11.6 Å². The topological polar surface area (TPSA) is 97.1 Å². The fourth-order valence-corrected chi connectivity index (χ4v) is 2.91. The normalized spacial score (nSPS) is 17.2. The van der Waals surface area contributed by atoms with Gasteiger partial charge in [0.2, 0.25) is 11.8 Å². The largest absolute Gasteiger partial charge is 0.344 e. The average molecular weight is 360 g/mol. The van der Waals surface area contributed by atoms with E-state index in [1.54, 1.807) is 18.5 Å². The second-order valence-electron chi connectivity index (χ2n) is 6.25. The first-order chi connectivity index (χ1) is 12.4. The molecule has 8 heteroatoms. The predicted octanol–water partition coefficient (Wildman–Crippen LogP) is 1.30. The van der Waals surface area contributed by atoms with E-state index in [9.17, 15) is 18.4 Å². The number of aromatic nitrogens is 1. The van der Waals surface area contributed by atoms with Crippen LogP contribution in [0.2, 0.25) is 0 Å². The Morgan fingerprint density at radius 3 is 3.00 bits per heavy atom. The molecule has 26 heavy (non-hydrogen) atoms. The van der Waals surface area contributed by atoms with Crippen molar-refractivity contribution in [3.05, 3.63) is 59.4 Å². The van der Waals surface area contributed by atoms with Crippen LogP contribution in [0.25, 0.3) is 0 Å². The molecule has 0 saturated heterocycles. The maximum absolute atomic E-state index is 13.7. The van der Waals surface area contributed by atoms with Gasteiger partial charge in [-0.1, -0.05) is 0 Å². The highest BCUT2D eigenvalue weighted by molar-refractivity contribution is 5.99. The number of rotatable bonds is 5.